The molecule has 1 fully saturated rings. The van der Waals surface area contributed by atoms with Crippen molar-refractivity contribution in [1.82, 2.24) is 19.5 Å². The highest BCUT2D eigenvalue weighted by Gasteiger charge is 2.48. The summed E-state index contributed by atoms with van der Waals surface area (Å²) in [5.74, 6) is -0.137. The zero-order valence-corrected chi connectivity index (χ0v) is 16.0. The van der Waals surface area contributed by atoms with Crippen molar-refractivity contribution >= 4 is 44.5 Å². The van der Waals surface area contributed by atoms with Crippen LogP contribution in [0.5, 0.6) is 0 Å². The van der Waals surface area contributed by atoms with Gasteiger partial charge in [0, 0.05) is 5.75 Å². The lowest BCUT2D eigenvalue weighted by Crippen LogP contribution is -2.42. The Morgan fingerprint density at radius 1 is 1.48 bits per heavy atom. The molecule has 3 heterocycles. The summed E-state index contributed by atoms with van der Waals surface area (Å²) in [7, 11) is 2.90. The first-order valence-corrected chi connectivity index (χ1v) is 10.7. The van der Waals surface area contributed by atoms with Crippen LogP contribution in [-0.2, 0) is 14.3 Å². The summed E-state index contributed by atoms with van der Waals surface area (Å²) < 4.78 is 12.6. The number of fused-ring (bicyclic) bond motifs is 1. The average molecular weight is 416 g/mol. The van der Waals surface area contributed by atoms with E-state index < -0.39 is 43.2 Å². The number of rotatable bonds is 7. The van der Waals surface area contributed by atoms with Crippen LogP contribution in [0.4, 0.5) is 5.82 Å². The molecule has 0 bridgehead atoms. The number of anilines is 1. The first kappa shape index (κ1) is 20.1. The van der Waals surface area contributed by atoms with Crippen molar-refractivity contribution in [3.05, 3.63) is 12.7 Å². The molecule has 1 saturated heterocycles. The third-order valence-electron chi connectivity index (χ3n) is 4.07. The van der Waals surface area contributed by atoms with Gasteiger partial charge in [-0.3, -0.25) is 9.36 Å². The van der Waals surface area contributed by atoms with E-state index in [0.717, 1.165) is 0 Å². The molecule has 0 spiro atoms. The van der Waals surface area contributed by atoms with E-state index in [0.29, 0.717) is 16.9 Å². The number of esters is 1. The van der Waals surface area contributed by atoms with E-state index in [9.17, 15) is 15.0 Å². The minimum absolute atomic E-state index is 0.181. The van der Waals surface area contributed by atoms with Crippen molar-refractivity contribution in [1.29, 1.82) is 0 Å². The van der Waals surface area contributed by atoms with E-state index in [1.54, 1.807) is 0 Å². The molecule has 1 aliphatic heterocycles. The third-order valence-corrected chi connectivity index (χ3v) is 5.92. The van der Waals surface area contributed by atoms with Gasteiger partial charge in [-0.25, -0.2) is 15.0 Å². The molecule has 0 amide bonds. The normalized spacial score (nSPS) is 26.4. The fraction of sp³-hybridized carbons (Fsp3) is 0.571. The number of ether oxygens (including phenoxy) is 2. The van der Waals surface area contributed by atoms with Gasteiger partial charge in [0.25, 0.3) is 0 Å². The first-order valence-electron chi connectivity index (χ1n) is 7.97. The predicted molar refractivity (Wildman–Crippen MR) is 101 cm³/mol. The molecular formula is C14H20N6O5S2. The van der Waals surface area contributed by atoms with Crippen LogP contribution in [0.15, 0.2) is 12.7 Å². The van der Waals surface area contributed by atoms with Gasteiger partial charge in [0.1, 0.15) is 30.1 Å². The Labute approximate surface area is 162 Å². The molecule has 148 valence electrons. The zero-order chi connectivity index (χ0) is 19.6. The predicted octanol–water partition coefficient (Wildman–Crippen LogP) is -1.09. The summed E-state index contributed by atoms with van der Waals surface area (Å²) >= 11 is 0. The molecule has 0 unspecified atom stereocenters. The standard InChI is InChI=1S/C14H20N6O5S2/c1-26-27-3-6(15)14(23)25-10-9(22)7(2-21)24-13(10)20-5-19-8-11(16)17-4-18-12(8)20/h4-7,9-10,13,21-22H,2-3,15H2,1H3,(H2,16,17,18)/t6-,7+,9+,10+,13+/m0/s1. The number of nitrogens with two attached hydrogens (primary N) is 2. The number of nitrogens with zero attached hydrogens (tertiary/aromatic N) is 4. The Balaban J connectivity index is 1.87. The summed E-state index contributed by atoms with van der Waals surface area (Å²) in [5.41, 5.74) is 12.3. The molecule has 0 aromatic carbocycles. The smallest absolute Gasteiger partial charge is 0.324 e. The number of nitrogen functional groups attached to an aromatic ring is 1. The van der Waals surface area contributed by atoms with Gasteiger partial charge in [-0.2, -0.15) is 0 Å². The zero-order valence-electron chi connectivity index (χ0n) is 14.3. The summed E-state index contributed by atoms with van der Waals surface area (Å²) in [4.78, 5) is 24.4. The Morgan fingerprint density at radius 3 is 2.96 bits per heavy atom. The van der Waals surface area contributed by atoms with Gasteiger partial charge in [0.2, 0.25) is 0 Å². The van der Waals surface area contributed by atoms with Crippen LogP contribution >= 0.6 is 21.6 Å². The molecule has 0 aliphatic carbocycles. The van der Waals surface area contributed by atoms with Crippen LogP contribution in [0.25, 0.3) is 11.2 Å². The molecule has 11 nitrogen and oxygen atoms in total. The monoisotopic (exact) mass is 416 g/mol. The van der Waals surface area contributed by atoms with Crippen molar-refractivity contribution in [2.45, 2.75) is 30.6 Å². The molecular weight excluding hydrogens is 396 g/mol. The van der Waals surface area contributed by atoms with Crippen molar-refractivity contribution in [3.8, 4) is 0 Å². The van der Waals surface area contributed by atoms with E-state index in [2.05, 4.69) is 15.0 Å². The van der Waals surface area contributed by atoms with E-state index >= 15 is 0 Å². The van der Waals surface area contributed by atoms with E-state index in [-0.39, 0.29) is 5.82 Å². The Hall–Kier alpha value is -1.64. The molecule has 2 aromatic heterocycles. The Kier molecular flexibility index (Phi) is 6.39. The van der Waals surface area contributed by atoms with Gasteiger partial charge < -0.3 is 31.2 Å². The second-order valence-corrected chi connectivity index (χ2v) is 8.39. The molecule has 5 atom stereocenters. The minimum atomic E-state index is -1.25. The number of aliphatic hydroxyl groups excluding tert-OH is 2. The molecule has 1 aliphatic rings. The molecule has 6 N–H and O–H groups in total. The highest BCUT2D eigenvalue weighted by atomic mass is 33.1. The van der Waals surface area contributed by atoms with Crippen molar-refractivity contribution in [2.24, 2.45) is 5.73 Å². The largest absolute Gasteiger partial charge is 0.453 e. The number of carbonyl (C=O) groups excluding carboxylic acids is 1. The highest BCUT2D eigenvalue weighted by molar-refractivity contribution is 8.76. The lowest BCUT2D eigenvalue weighted by Gasteiger charge is -2.23. The lowest BCUT2D eigenvalue weighted by molar-refractivity contribution is -0.159. The van der Waals surface area contributed by atoms with E-state index in [4.69, 9.17) is 20.9 Å². The molecule has 0 saturated carbocycles. The fourth-order valence-corrected chi connectivity index (χ4v) is 3.97. The van der Waals surface area contributed by atoms with Gasteiger partial charge in [0.15, 0.2) is 23.8 Å². The number of hydrogen-bond acceptors (Lipinski definition) is 12. The lowest BCUT2D eigenvalue weighted by atomic mass is 10.1. The third kappa shape index (κ3) is 3.97. The SMILES string of the molecule is CSSC[C@H](N)C(=O)O[C@@H]1[C@H](O)[C@@H](CO)O[C@H]1n1cnc2c(N)ncnc21. The maximum Gasteiger partial charge on any atom is 0.324 e. The van der Waals surface area contributed by atoms with Crippen LogP contribution in [0.3, 0.4) is 0 Å². The maximum atomic E-state index is 12.3. The molecule has 3 rings (SSSR count). The van der Waals surface area contributed by atoms with Gasteiger partial charge in [-0.15, -0.1) is 0 Å². The van der Waals surface area contributed by atoms with Crippen molar-refractivity contribution < 1.29 is 24.5 Å². The summed E-state index contributed by atoms with van der Waals surface area (Å²) in [5, 5.41) is 19.9. The molecule has 27 heavy (non-hydrogen) atoms. The Bertz CT molecular complexity index is 807. The molecule has 13 heteroatoms. The van der Waals surface area contributed by atoms with Gasteiger partial charge >= 0.3 is 5.97 Å². The number of carbonyl (C=O) groups is 1. The number of aliphatic hydroxyl groups is 2. The van der Waals surface area contributed by atoms with Gasteiger partial charge in [-0.1, -0.05) is 21.6 Å². The van der Waals surface area contributed by atoms with Crippen LogP contribution in [0, 0.1) is 0 Å². The minimum Gasteiger partial charge on any atom is -0.453 e. The summed E-state index contributed by atoms with van der Waals surface area (Å²) in [6.07, 6.45) is 0.284. The second kappa shape index (κ2) is 8.58. The van der Waals surface area contributed by atoms with E-state index in [1.807, 2.05) is 6.26 Å². The maximum absolute atomic E-state index is 12.3. The van der Waals surface area contributed by atoms with Gasteiger partial charge in [-0.05, 0) is 6.26 Å². The quantitative estimate of drug-likeness (QED) is 0.318. The summed E-state index contributed by atoms with van der Waals surface area (Å²) in [6.45, 7) is -0.455. The summed E-state index contributed by atoms with van der Waals surface area (Å²) in [6, 6.07) is -0.860. The van der Waals surface area contributed by atoms with Crippen molar-refractivity contribution in [2.75, 3.05) is 24.3 Å². The van der Waals surface area contributed by atoms with Crippen LogP contribution in [-0.4, -0.2) is 78.7 Å². The molecule has 2 aromatic rings. The fourth-order valence-electron chi connectivity index (χ4n) is 2.71. The van der Waals surface area contributed by atoms with Crippen molar-refractivity contribution in [3.63, 3.8) is 0 Å². The topological polar surface area (TPSA) is 172 Å². The first-order chi connectivity index (χ1) is 13.0. The number of aromatic nitrogens is 4. The van der Waals surface area contributed by atoms with E-state index in [1.165, 1.54) is 38.8 Å². The Morgan fingerprint density at radius 2 is 2.26 bits per heavy atom. The van der Waals surface area contributed by atoms with Crippen LogP contribution < -0.4 is 11.5 Å². The average Bonchev–Trinajstić information content (AvgIpc) is 3.22. The van der Waals surface area contributed by atoms with Crippen LogP contribution in [0.2, 0.25) is 0 Å². The number of hydrogen-bond donors (Lipinski definition) is 4. The highest BCUT2D eigenvalue weighted by Crippen LogP contribution is 2.34. The number of imidazole rings is 1. The molecule has 0 radical (unpaired) electrons. The van der Waals surface area contributed by atoms with Gasteiger partial charge in [0.05, 0.1) is 12.9 Å². The van der Waals surface area contributed by atoms with Crippen LogP contribution in [0.1, 0.15) is 6.23 Å². The second-order valence-electron chi connectivity index (χ2n) is 5.78.